The molecule has 0 fully saturated rings. The van der Waals surface area contributed by atoms with Gasteiger partial charge in [-0.1, -0.05) is 37.8 Å². The summed E-state index contributed by atoms with van der Waals surface area (Å²) in [4.78, 5) is 118. The number of rotatable bonds is 21. The number of fused-ring (bicyclic) bond motifs is 2. The van der Waals surface area contributed by atoms with E-state index < -0.39 is 83.8 Å². The molecule has 6 unspecified atom stereocenters. The highest BCUT2D eigenvalue weighted by Crippen LogP contribution is 2.37. The Labute approximate surface area is 409 Å². The van der Waals surface area contributed by atoms with Crippen molar-refractivity contribution >= 4 is 75.8 Å². The molecule has 21 nitrogen and oxygen atoms in total. The van der Waals surface area contributed by atoms with Crippen molar-refractivity contribution < 1.29 is 52.6 Å². The molecular formula is C48H62N10O11S. The first-order chi connectivity index (χ1) is 33.1. The molecule has 1 aromatic carbocycles. The first-order valence-electron chi connectivity index (χ1n) is 22.6. The first kappa shape index (κ1) is 53.6. The van der Waals surface area contributed by atoms with Crippen LogP contribution in [0.5, 0.6) is 0 Å². The summed E-state index contributed by atoms with van der Waals surface area (Å²) in [5, 5.41) is 18.4. The summed E-state index contributed by atoms with van der Waals surface area (Å²) in [6, 6.07) is 3.02. The van der Waals surface area contributed by atoms with E-state index in [1.165, 1.54) is 19.4 Å². The summed E-state index contributed by atoms with van der Waals surface area (Å²) in [6.45, 7) is 14.5. The summed E-state index contributed by atoms with van der Waals surface area (Å²) in [5.74, 6) is -5.21. The number of aromatic amines is 2. The van der Waals surface area contributed by atoms with Crippen LogP contribution in [-0.4, -0.2) is 125 Å². The van der Waals surface area contributed by atoms with Gasteiger partial charge >= 0.3 is 12.1 Å². The van der Waals surface area contributed by atoms with Gasteiger partial charge in [0.2, 0.25) is 23.6 Å². The number of nitrogens with one attached hydrogen (secondary N) is 8. The lowest BCUT2D eigenvalue weighted by atomic mass is 9.87. The number of carbonyl (C=O) groups is 8. The second kappa shape index (κ2) is 23.8. The van der Waals surface area contributed by atoms with Crippen LogP contribution in [0.4, 0.5) is 4.79 Å². The molecule has 0 radical (unpaired) electrons. The summed E-state index contributed by atoms with van der Waals surface area (Å²) in [6.07, 6.45) is 6.21. The highest BCUT2D eigenvalue weighted by Gasteiger charge is 2.33. The van der Waals surface area contributed by atoms with Crippen molar-refractivity contribution in [2.45, 2.75) is 97.2 Å². The molecule has 0 aliphatic heterocycles. The number of likely N-dealkylation sites (N-methyl/N-ethyl adjacent to an activating group) is 1. The number of aromatic nitrogens is 3. The van der Waals surface area contributed by atoms with Gasteiger partial charge in [0.15, 0.2) is 0 Å². The molecule has 0 saturated heterocycles. The average molecular weight is 987 g/mol. The molecule has 5 rings (SSSR count). The number of hydrogen-bond donors (Lipinski definition) is 8. The standard InChI is InChI=1S/C48H62N10O11S/c1-11-68-38(60)23-58(9)46(65)28(5)53-41(61)26(3)52-37(59)22-51-42(62)34(19-30-21-50-33-17-16-25(2)40(67-10)39(30)33)55-43(63)35(18-29-20-49-32-15-13-12-14-31(29)32)56-44(64)36-24-70-45(57-36)27(4)54-47(66)69-48(6,7)8/h12-17,20-21,24-27,34-35,40,49-50H,5,11,18-19,22-23H2,1-4,6-10H3,(H,51,62)(H,52,59)(H,53,61)(H,54,66)(H,55,63)(H,56,64). The summed E-state index contributed by atoms with van der Waals surface area (Å²) < 4.78 is 16.1. The second-order valence-corrected chi connectivity index (χ2v) is 18.6. The fourth-order valence-corrected chi connectivity index (χ4v) is 8.35. The molecule has 4 aromatic rings. The minimum Gasteiger partial charge on any atom is -0.465 e. The Kier molecular flexibility index (Phi) is 18.2. The van der Waals surface area contributed by atoms with Crippen LogP contribution in [-0.2, 0) is 55.8 Å². The maximum absolute atomic E-state index is 14.6. The van der Waals surface area contributed by atoms with Gasteiger partial charge in [0.05, 0.1) is 31.0 Å². The molecular weight excluding hydrogens is 925 g/mol. The van der Waals surface area contributed by atoms with Crippen molar-refractivity contribution in [3.8, 4) is 0 Å². The molecule has 376 valence electrons. The van der Waals surface area contributed by atoms with Crippen molar-refractivity contribution in [2.75, 3.05) is 33.9 Å². The van der Waals surface area contributed by atoms with E-state index in [4.69, 9.17) is 14.2 Å². The van der Waals surface area contributed by atoms with Crippen LogP contribution in [0.15, 0.2) is 60.4 Å². The number of benzene rings is 1. The van der Waals surface area contributed by atoms with Crippen LogP contribution in [0, 0.1) is 5.92 Å². The fraction of sp³-hybridized carbons (Fsp3) is 0.438. The normalized spacial score (nSPS) is 15.8. The van der Waals surface area contributed by atoms with E-state index in [2.05, 4.69) is 53.4 Å². The Bertz CT molecular complexity index is 2630. The van der Waals surface area contributed by atoms with E-state index in [1.54, 1.807) is 54.1 Å². The zero-order valence-electron chi connectivity index (χ0n) is 40.7. The lowest BCUT2D eigenvalue weighted by Crippen LogP contribution is -2.56. The van der Waals surface area contributed by atoms with Gasteiger partial charge < -0.3 is 61.0 Å². The summed E-state index contributed by atoms with van der Waals surface area (Å²) >= 11 is 1.13. The number of hydrogen-bond acceptors (Lipinski definition) is 13. The monoisotopic (exact) mass is 986 g/mol. The Balaban J connectivity index is 1.35. The molecule has 6 atom stereocenters. The number of para-hydroxylation sites is 1. The van der Waals surface area contributed by atoms with E-state index in [1.807, 2.05) is 43.3 Å². The Morgan fingerprint density at radius 3 is 2.30 bits per heavy atom. The smallest absolute Gasteiger partial charge is 0.408 e. The molecule has 8 N–H and O–H groups in total. The average Bonchev–Trinajstić information content (AvgIpc) is 4.06. The number of carbonyl (C=O) groups excluding carboxylic acids is 8. The number of amides is 7. The zero-order valence-corrected chi connectivity index (χ0v) is 41.5. The van der Waals surface area contributed by atoms with Gasteiger partial charge in [-0.15, -0.1) is 11.3 Å². The van der Waals surface area contributed by atoms with E-state index in [-0.39, 0.29) is 49.4 Å². The SMILES string of the molecule is C=C(NC(=O)C(C)NC(=O)CNC(=O)C(Cc1c[nH]c2c1C(OC)C(C)C=C2)NC(=O)C(Cc1c[nH]c2ccccc12)NC(=O)c1csc(C(C)NC(=O)OC(C)(C)C)n1)C(=O)N(C)CC(=O)OCC. The topological polar surface area (TPSA) is 284 Å². The van der Waals surface area contributed by atoms with Crippen LogP contribution in [0.3, 0.4) is 0 Å². The van der Waals surface area contributed by atoms with Gasteiger partial charge in [-0.3, -0.25) is 33.6 Å². The molecule has 3 aromatic heterocycles. The van der Waals surface area contributed by atoms with Gasteiger partial charge in [0.1, 0.15) is 41.0 Å². The van der Waals surface area contributed by atoms with Crippen LogP contribution in [0.2, 0.25) is 0 Å². The predicted molar refractivity (Wildman–Crippen MR) is 260 cm³/mol. The second-order valence-electron chi connectivity index (χ2n) is 17.8. The molecule has 1 aliphatic carbocycles. The van der Waals surface area contributed by atoms with Crippen molar-refractivity contribution in [1.82, 2.24) is 51.8 Å². The maximum Gasteiger partial charge on any atom is 0.408 e. The Hall–Kier alpha value is -7.33. The van der Waals surface area contributed by atoms with Gasteiger partial charge in [0, 0.05) is 72.9 Å². The van der Waals surface area contributed by atoms with Crippen molar-refractivity contribution in [3.63, 3.8) is 0 Å². The van der Waals surface area contributed by atoms with Gasteiger partial charge in [-0.25, -0.2) is 9.78 Å². The molecule has 7 amide bonds. The number of thiazole rings is 1. The molecule has 1 aliphatic rings. The zero-order chi connectivity index (χ0) is 51.4. The van der Waals surface area contributed by atoms with Crippen molar-refractivity contribution in [3.05, 3.63) is 93.5 Å². The summed E-state index contributed by atoms with van der Waals surface area (Å²) in [5.41, 5.74) is 2.59. The predicted octanol–water partition coefficient (Wildman–Crippen LogP) is 3.23. The third-order valence-electron chi connectivity index (χ3n) is 11.0. The molecule has 0 spiro atoms. The molecule has 22 heteroatoms. The van der Waals surface area contributed by atoms with Crippen LogP contribution >= 0.6 is 11.3 Å². The van der Waals surface area contributed by atoms with Crippen LogP contribution in [0.1, 0.15) is 98.5 Å². The first-order valence-corrected chi connectivity index (χ1v) is 23.5. The molecule has 3 heterocycles. The number of H-pyrrole nitrogens is 2. The molecule has 0 saturated carbocycles. The number of nitrogens with zero attached hydrogens (tertiary/aromatic N) is 2. The Morgan fingerprint density at radius 2 is 1.60 bits per heavy atom. The quantitative estimate of drug-likeness (QED) is 0.0442. The molecule has 70 heavy (non-hydrogen) atoms. The number of methoxy groups -OCH3 is 1. The lowest BCUT2D eigenvalue weighted by Gasteiger charge is -2.27. The lowest BCUT2D eigenvalue weighted by molar-refractivity contribution is -0.147. The minimum absolute atomic E-state index is 0.0123. The van der Waals surface area contributed by atoms with E-state index >= 15 is 0 Å². The third kappa shape index (κ3) is 14.4. The number of esters is 1. The summed E-state index contributed by atoms with van der Waals surface area (Å²) in [7, 11) is 2.90. The van der Waals surface area contributed by atoms with E-state index in [9.17, 15) is 38.4 Å². The highest BCUT2D eigenvalue weighted by atomic mass is 32.1. The van der Waals surface area contributed by atoms with Gasteiger partial charge in [-0.2, -0.15) is 0 Å². The van der Waals surface area contributed by atoms with E-state index in [0.29, 0.717) is 16.1 Å². The third-order valence-corrected chi connectivity index (χ3v) is 12.0. The fourth-order valence-electron chi connectivity index (χ4n) is 7.54. The molecule has 0 bridgehead atoms. The van der Waals surface area contributed by atoms with Gasteiger partial charge in [-0.05, 0) is 64.8 Å². The van der Waals surface area contributed by atoms with Crippen LogP contribution < -0.4 is 31.9 Å². The van der Waals surface area contributed by atoms with Crippen molar-refractivity contribution in [2.24, 2.45) is 5.92 Å². The Morgan fingerprint density at radius 1 is 0.914 bits per heavy atom. The number of alkyl carbamates (subject to hydrolysis) is 1. The van der Waals surface area contributed by atoms with Crippen molar-refractivity contribution in [1.29, 1.82) is 0 Å². The largest absolute Gasteiger partial charge is 0.465 e. The van der Waals surface area contributed by atoms with Crippen LogP contribution in [0.25, 0.3) is 17.0 Å². The minimum atomic E-state index is -1.33. The van der Waals surface area contributed by atoms with Gasteiger partial charge in [0.25, 0.3) is 11.8 Å². The van der Waals surface area contributed by atoms with E-state index in [0.717, 1.165) is 38.4 Å². The number of ether oxygens (including phenoxy) is 3. The highest BCUT2D eigenvalue weighted by molar-refractivity contribution is 7.09. The maximum atomic E-state index is 14.6.